The highest BCUT2D eigenvalue weighted by Gasteiger charge is 2.15. The van der Waals surface area contributed by atoms with E-state index in [-0.39, 0.29) is 6.04 Å². The number of nitrogens with one attached hydrogen (secondary N) is 1. The third kappa shape index (κ3) is 4.92. The summed E-state index contributed by atoms with van der Waals surface area (Å²) in [7, 11) is 0. The molecule has 0 spiro atoms. The molecule has 1 unspecified atom stereocenters. The largest absolute Gasteiger partial charge is 0.310 e. The second-order valence-electron chi connectivity index (χ2n) is 5.79. The Kier molecular flexibility index (Phi) is 6.37. The van der Waals surface area contributed by atoms with Crippen LogP contribution in [0.5, 0.6) is 0 Å². The van der Waals surface area contributed by atoms with Crippen LogP contribution >= 0.6 is 0 Å². The summed E-state index contributed by atoms with van der Waals surface area (Å²) >= 11 is 0. The number of halogens is 2. The average Bonchev–Trinajstić information content (AvgIpc) is 2.42. The Morgan fingerprint density at radius 2 is 1.90 bits per heavy atom. The molecule has 0 amide bonds. The van der Waals surface area contributed by atoms with E-state index in [0.717, 1.165) is 31.4 Å². The van der Waals surface area contributed by atoms with Gasteiger partial charge in [0.15, 0.2) is 11.6 Å². The highest BCUT2D eigenvalue weighted by Crippen LogP contribution is 2.22. The van der Waals surface area contributed by atoms with Gasteiger partial charge in [0.1, 0.15) is 0 Å². The van der Waals surface area contributed by atoms with Gasteiger partial charge in [-0.2, -0.15) is 0 Å². The number of rotatable bonds is 5. The van der Waals surface area contributed by atoms with Crippen molar-refractivity contribution in [3.63, 3.8) is 0 Å². The van der Waals surface area contributed by atoms with E-state index in [4.69, 9.17) is 0 Å². The first-order chi connectivity index (χ1) is 10.2. The van der Waals surface area contributed by atoms with Crippen molar-refractivity contribution in [2.24, 2.45) is 0 Å². The van der Waals surface area contributed by atoms with E-state index < -0.39 is 11.6 Å². The Bertz CT molecular complexity index is 482. The van der Waals surface area contributed by atoms with Crippen LogP contribution in [0.2, 0.25) is 0 Å². The van der Waals surface area contributed by atoms with Gasteiger partial charge in [-0.25, -0.2) is 8.78 Å². The first-order valence-electron chi connectivity index (χ1n) is 8.07. The van der Waals surface area contributed by atoms with E-state index in [0.29, 0.717) is 0 Å². The standard InChI is InChI=1S/C18H25F2N/c1-2-21-18(15-8-6-4-3-5-7-9-15)13-14-10-11-16(19)17(20)12-14/h8,10-12,18,21H,2-7,9,13H2,1H3/b15-8+. The van der Waals surface area contributed by atoms with Crippen LogP contribution in [0, 0.1) is 11.6 Å². The minimum absolute atomic E-state index is 0.234. The molecule has 0 heterocycles. The second kappa shape index (κ2) is 8.28. The lowest BCUT2D eigenvalue weighted by Gasteiger charge is -2.23. The van der Waals surface area contributed by atoms with E-state index >= 15 is 0 Å². The van der Waals surface area contributed by atoms with Gasteiger partial charge in [-0.3, -0.25) is 0 Å². The zero-order valence-corrected chi connectivity index (χ0v) is 12.8. The van der Waals surface area contributed by atoms with Crippen LogP contribution in [0.1, 0.15) is 51.0 Å². The van der Waals surface area contributed by atoms with E-state index in [1.54, 1.807) is 6.07 Å². The Morgan fingerprint density at radius 1 is 1.10 bits per heavy atom. The van der Waals surface area contributed by atoms with E-state index in [9.17, 15) is 8.78 Å². The van der Waals surface area contributed by atoms with Crippen molar-refractivity contribution in [1.82, 2.24) is 5.32 Å². The molecule has 116 valence electrons. The predicted octanol–water partition coefficient (Wildman–Crippen LogP) is 4.77. The fourth-order valence-electron chi connectivity index (χ4n) is 3.02. The molecule has 0 fully saturated rings. The molecule has 0 aromatic heterocycles. The van der Waals surface area contributed by atoms with Crippen LogP contribution in [0.25, 0.3) is 0 Å². The van der Waals surface area contributed by atoms with Crippen molar-refractivity contribution in [3.8, 4) is 0 Å². The van der Waals surface area contributed by atoms with Gasteiger partial charge in [-0.05, 0) is 56.3 Å². The summed E-state index contributed by atoms with van der Waals surface area (Å²) in [6.45, 7) is 2.97. The highest BCUT2D eigenvalue weighted by atomic mass is 19.2. The average molecular weight is 293 g/mol. The summed E-state index contributed by atoms with van der Waals surface area (Å²) in [5.41, 5.74) is 2.28. The minimum Gasteiger partial charge on any atom is -0.310 e. The van der Waals surface area contributed by atoms with Crippen molar-refractivity contribution < 1.29 is 8.78 Å². The number of benzene rings is 1. The molecule has 0 aliphatic heterocycles. The summed E-state index contributed by atoms with van der Waals surface area (Å²) in [4.78, 5) is 0. The number of allylic oxidation sites excluding steroid dienone is 1. The van der Waals surface area contributed by atoms with E-state index in [1.165, 1.54) is 43.4 Å². The molecule has 1 atom stereocenters. The van der Waals surface area contributed by atoms with Gasteiger partial charge < -0.3 is 5.32 Å². The fourth-order valence-corrected chi connectivity index (χ4v) is 3.02. The molecular weight excluding hydrogens is 268 g/mol. The van der Waals surface area contributed by atoms with Crippen LogP contribution in [0.15, 0.2) is 29.8 Å². The molecule has 1 nitrogen and oxygen atoms in total. The van der Waals surface area contributed by atoms with Crippen molar-refractivity contribution in [3.05, 3.63) is 47.0 Å². The highest BCUT2D eigenvalue weighted by molar-refractivity contribution is 5.23. The van der Waals surface area contributed by atoms with Crippen molar-refractivity contribution in [2.45, 2.75) is 57.9 Å². The molecule has 0 bridgehead atoms. The van der Waals surface area contributed by atoms with Crippen LogP contribution < -0.4 is 5.32 Å². The molecule has 3 heteroatoms. The molecule has 1 N–H and O–H groups in total. The number of hydrogen-bond donors (Lipinski definition) is 1. The van der Waals surface area contributed by atoms with Crippen molar-refractivity contribution >= 4 is 0 Å². The van der Waals surface area contributed by atoms with Crippen molar-refractivity contribution in [2.75, 3.05) is 6.54 Å². The SMILES string of the molecule is CCNC(Cc1ccc(F)c(F)c1)/C1=C/CCCCCC1. The quantitative estimate of drug-likeness (QED) is 0.771. The van der Waals surface area contributed by atoms with Crippen LogP contribution in [-0.2, 0) is 6.42 Å². The summed E-state index contributed by atoms with van der Waals surface area (Å²) in [6, 6.07) is 4.47. The molecule has 21 heavy (non-hydrogen) atoms. The molecule has 0 saturated heterocycles. The Hall–Kier alpha value is -1.22. The molecule has 0 radical (unpaired) electrons. The minimum atomic E-state index is -0.774. The fraction of sp³-hybridized carbons (Fsp3) is 0.556. The molecule has 1 aliphatic rings. The Morgan fingerprint density at radius 3 is 2.67 bits per heavy atom. The summed E-state index contributed by atoms with van der Waals surface area (Å²) in [6.07, 6.45) is 10.4. The van der Waals surface area contributed by atoms with Crippen LogP contribution in [0.3, 0.4) is 0 Å². The number of hydrogen-bond acceptors (Lipinski definition) is 1. The summed E-state index contributed by atoms with van der Waals surface area (Å²) < 4.78 is 26.4. The van der Waals surface area contributed by atoms with E-state index in [1.807, 2.05) is 0 Å². The molecule has 1 aliphatic carbocycles. The summed E-state index contributed by atoms with van der Waals surface area (Å²) in [5, 5.41) is 3.50. The topological polar surface area (TPSA) is 12.0 Å². The van der Waals surface area contributed by atoms with Gasteiger partial charge in [-0.15, -0.1) is 0 Å². The lowest BCUT2D eigenvalue weighted by Crippen LogP contribution is -2.33. The number of likely N-dealkylation sites (N-methyl/N-ethyl adjacent to an activating group) is 1. The second-order valence-corrected chi connectivity index (χ2v) is 5.79. The maximum absolute atomic E-state index is 13.4. The lowest BCUT2D eigenvalue weighted by atomic mass is 9.91. The maximum atomic E-state index is 13.4. The smallest absolute Gasteiger partial charge is 0.159 e. The third-order valence-electron chi connectivity index (χ3n) is 4.15. The molecular formula is C18H25F2N. The molecule has 1 aromatic carbocycles. The van der Waals surface area contributed by atoms with E-state index in [2.05, 4.69) is 18.3 Å². The normalized spacial score (nSPS) is 20.2. The van der Waals surface area contributed by atoms with Gasteiger partial charge in [-0.1, -0.05) is 37.5 Å². The van der Waals surface area contributed by atoms with Gasteiger partial charge in [0.2, 0.25) is 0 Å². The summed E-state index contributed by atoms with van der Waals surface area (Å²) in [5.74, 6) is -1.53. The molecule has 1 aromatic rings. The van der Waals surface area contributed by atoms with Crippen LogP contribution in [0.4, 0.5) is 8.78 Å². The van der Waals surface area contributed by atoms with Crippen LogP contribution in [-0.4, -0.2) is 12.6 Å². The maximum Gasteiger partial charge on any atom is 0.159 e. The Balaban J connectivity index is 2.11. The first-order valence-corrected chi connectivity index (χ1v) is 8.07. The molecule has 0 saturated carbocycles. The van der Waals surface area contributed by atoms with Gasteiger partial charge in [0.05, 0.1) is 0 Å². The van der Waals surface area contributed by atoms with Crippen molar-refractivity contribution in [1.29, 1.82) is 0 Å². The lowest BCUT2D eigenvalue weighted by molar-refractivity contribution is 0.502. The Labute approximate surface area is 126 Å². The monoisotopic (exact) mass is 293 g/mol. The third-order valence-corrected chi connectivity index (χ3v) is 4.15. The van der Waals surface area contributed by atoms with Gasteiger partial charge in [0, 0.05) is 6.04 Å². The predicted molar refractivity (Wildman–Crippen MR) is 83.3 cm³/mol. The first kappa shape index (κ1) is 16.2. The molecule has 2 rings (SSSR count). The van der Waals surface area contributed by atoms with Gasteiger partial charge in [0.25, 0.3) is 0 Å². The zero-order chi connectivity index (χ0) is 15.1. The van der Waals surface area contributed by atoms with Gasteiger partial charge >= 0.3 is 0 Å². The zero-order valence-electron chi connectivity index (χ0n) is 12.8.